The van der Waals surface area contributed by atoms with Crippen LogP contribution in [-0.4, -0.2) is 37.2 Å². The Morgan fingerprint density at radius 3 is 2.60 bits per heavy atom. The SMILES string of the molecule is CCOC(=O)C1=C(COC(=O)c2cccc(F)c2)NC(=O)N[C@H]1CC. The van der Waals surface area contributed by atoms with Crippen LogP contribution >= 0.6 is 0 Å². The lowest BCUT2D eigenvalue weighted by Gasteiger charge is -2.28. The molecule has 134 valence electrons. The van der Waals surface area contributed by atoms with Gasteiger partial charge in [0.1, 0.15) is 12.4 Å². The van der Waals surface area contributed by atoms with E-state index in [2.05, 4.69) is 10.6 Å². The van der Waals surface area contributed by atoms with Crippen molar-refractivity contribution in [1.82, 2.24) is 10.6 Å². The van der Waals surface area contributed by atoms with Gasteiger partial charge in [-0.3, -0.25) is 0 Å². The van der Waals surface area contributed by atoms with Crippen LogP contribution in [0.4, 0.5) is 9.18 Å². The van der Waals surface area contributed by atoms with Crippen molar-refractivity contribution in [3.8, 4) is 0 Å². The molecule has 8 heteroatoms. The second-order valence-corrected chi connectivity index (χ2v) is 5.26. The first kappa shape index (κ1) is 18.4. The molecule has 2 rings (SSSR count). The van der Waals surface area contributed by atoms with E-state index < -0.39 is 29.8 Å². The van der Waals surface area contributed by atoms with Gasteiger partial charge in [0.25, 0.3) is 0 Å². The van der Waals surface area contributed by atoms with Crippen molar-refractivity contribution in [2.24, 2.45) is 0 Å². The fraction of sp³-hybridized carbons (Fsp3) is 0.353. The van der Waals surface area contributed by atoms with E-state index in [-0.39, 0.29) is 30.0 Å². The molecular formula is C17H19FN2O5. The fourth-order valence-corrected chi connectivity index (χ4v) is 2.41. The summed E-state index contributed by atoms with van der Waals surface area (Å²) in [4.78, 5) is 35.9. The van der Waals surface area contributed by atoms with Crippen molar-refractivity contribution >= 4 is 18.0 Å². The molecule has 1 aromatic carbocycles. The molecule has 0 bridgehead atoms. The van der Waals surface area contributed by atoms with Crippen LogP contribution in [0.5, 0.6) is 0 Å². The number of ether oxygens (including phenoxy) is 2. The lowest BCUT2D eigenvalue weighted by atomic mass is 10.0. The highest BCUT2D eigenvalue weighted by atomic mass is 19.1. The first-order chi connectivity index (χ1) is 12.0. The molecule has 0 spiro atoms. The maximum atomic E-state index is 13.2. The monoisotopic (exact) mass is 350 g/mol. The van der Waals surface area contributed by atoms with Crippen molar-refractivity contribution in [3.05, 3.63) is 46.9 Å². The second-order valence-electron chi connectivity index (χ2n) is 5.26. The molecular weight excluding hydrogens is 331 g/mol. The molecule has 1 heterocycles. The average molecular weight is 350 g/mol. The van der Waals surface area contributed by atoms with Gasteiger partial charge in [0.05, 0.1) is 29.5 Å². The number of nitrogens with one attached hydrogen (secondary N) is 2. The molecule has 7 nitrogen and oxygen atoms in total. The fourth-order valence-electron chi connectivity index (χ4n) is 2.41. The minimum Gasteiger partial charge on any atom is -0.463 e. The summed E-state index contributed by atoms with van der Waals surface area (Å²) in [6.07, 6.45) is 0.461. The molecule has 1 atom stereocenters. The van der Waals surface area contributed by atoms with Gasteiger partial charge in [-0.05, 0) is 31.5 Å². The van der Waals surface area contributed by atoms with Crippen molar-refractivity contribution < 1.29 is 28.2 Å². The van der Waals surface area contributed by atoms with Crippen molar-refractivity contribution in [1.29, 1.82) is 0 Å². The number of esters is 2. The van der Waals surface area contributed by atoms with E-state index in [0.717, 1.165) is 6.07 Å². The summed E-state index contributed by atoms with van der Waals surface area (Å²) in [5.41, 5.74) is 0.389. The highest BCUT2D eigenvalue weighted by Gasteiger charge is 2.32. The lowest BCUT2D eigenvalue weighted by molar-refractivity contribution is -0.139. The molecule has 0 aromatic heterocycles. The largest absolute Gasteiger partial charge is 0.463 e. The molecule has 0 saturated carbocycles. The first-order valence-electron chi connectivity index (χ1n) is 7.86. The number of urea groups is 1. The molecule has 0 fully saturated rings. The van der Waals surface area contributed by atoms with E-state index in [4.69, 9.17) is 9.47 Å². The summed E-state index contributed by atoms with van der Waals surface area (Å²) >= 11 is 0. The normalized spacial score (nSPS) is 16.8. The van der Waals surface area contributed by atoms with Crippen LogP contribution < -0.4 is 10.6 Å². The number of hydrogen-bond donors (Lipinski definition) is 2. The first-order valence-corrected chi connectivity index (χ1v) is 7.86. The summed E-state index contributed by atoms with van der Waals surface area (Å²) in [6.45, 7) is 3.29. The van der Waals surface area contributed by atoms with Crippen LogP contribution in [0, 0.1) is 5.82 Å². The third-order valence-corrected chi connectivity index (χ3v) is 3.55. The molecule has 25 heavy (non-hydrogen) atoms. The van der Waals surface area contributed by atoms with Crippen molar-refractivity contribution in [3.63, 3.8) is 0 Å². The average Bonchev–Trinajstić information content (AvgIpc) is 2.59. The second kappa shape index (κ2) is 8.27. The highest BCUT2D eigenvalue weighted by molar-refractivity contribution is 5.95. The Morgan fingerprint density at radius 1 is 1.20 bits per heavy atom. The Kier molecular flexibility index (Phi) is 6.10. The van der Waals surface area contributed by atoms with E-state index in [1.54, 1.807) is 13.8 Å². The summed E-state index contributed by atoms with van der Waals surface area (Å²) in [5.74, 6) is -1.93. The molecule has 0 aliphatic carbocycles. The number of carbonyl (C=O) groups excluding carboxylic acids is 3. The molecule has 0 unspecified atom stereocenters. The topological polar surface area (TPSA) is 93.7 Å². The van der Waals surface area contributed by atoms with E-state index >= 15 is 0 Å². The minimum atomic E-state index is -0.768. The quantitative estimate of drug-likeness (QED) is 0.764. The number of halogens is 1. The number of rotatable bonds is 6. The molecule has 1 aromatic rings. The lowest BCUT2D eigenvalue weighted by Crippen LogP contribution is -2.51. The molecule has 0 radical (unpaired) electrons. The zero-order chi connectivity index (χ0) is 18.4. The Labute approximate surface area is 144 Å². The van der Waals surface area contributed by atoms with Gasteiger partial charge in [0.15, 0.2) is 0 Å². The predicted molar refractivity (Wildman–Crippen MR) is 86.1 cm³/mol. The Bertz CT molecular complexity index is 717. The van der Waals surface area contributed by atoms with E-state index in [1.165, 1.54) is 18.2 Å². The zero-order valence-corrected chi connectivity index (χ0v) is 13.9. The minimum absolute atomic E-state index is 0.0330. The third kappa shape index (κ3) is 4.56. The van der Waals surface area contributed by atoms with Crippen molar-refractivity contribution in [2.75, 3.05) is 13.2 Å². The Hall–Kier alpha value is -2.90. The highest BCUT2D eigenvalue weighted by Crippen LogP contribution is 2.18. The van der Waals surface area contributed by atoms with Crippen LogP contribution in [0.1, 0.15) is 30.6 Å². The van der Waals surface area contributed by atoms with Gasteiger partial charge in [-0.15, -0.1) is 0 Å². The molecule has 0 saturated heterocycles. The van der Waals surface area contributed by atoms with Crippen LogP contribution in [0.15, 0.2) is 35.5 Å². The summed E-state index contributed by atoms with van der Waals surface area (Å²) in [6, 6.07) is 3.99. The summed E-state index contributed by atoms with van der Waals surface area (Å²) in [5, 5.41) is 5.08. The summed E-state index contributed by atoms with van der Waals surface area (Å²) < 4.78 is 23.3. The molecule has 2 amide bonds. The van der Waals surface area contributed by atoms with Crippen molar-refractivity contribution in [2.45, 2.75) is 26.3 Å². The number of amides is 2. The number of benzene rings is 1. The molecule has 1 aliphatic rings. The van der Waals surface area contributed by atoms with E-state index in [9.17, 15) is 18.8 Å². The third-order valence-electron chi connectivity index (χ3n) is 3.55. The Balaban J connectivity index is 2.21. The number of hydrogen-bond acceptors (Lipinski definition) is 5. The van der Waals surface area contributed by atoms with Crippen LogP contribution in [0.2, 0.25) is 0 Å². The van der Waals surface area contributed by atoms with Crippen LogP contribution in [-0.2, 0) is 14.3 Å². The molecule has 1 aliphatic heterocycles. The van der Waals surface area contributed by atoms with Gasteiger partial charge in [-0.25, -0.2) is 18.8 Å². The van der Waals surface area contributed by atoms with Gasteiger partial charge >= 0.3 is 18.0 Å². The maximum Gasteiger partial charge on any atom is 0.338 e. The Morgan fingerprint density at radius 2 is 1.96 bits per heavy atom. The maximum absolute atomic E-state index is 13.2. The van der Waals surface area contributed by atoms with E-state index in [1.807, 2.05) is 0 Å². The standard InChI is InChI=1S/C17H19FN2O5/c1-3-12-14(16(22)24-4-2)13(20-17(23)19-12)9-25-15(21)10-6-5-7-11(18)8-10/h5-8,12H,3-4,9H2,1-2H3,(H2,19,20,23)/t12-/m0/s1. The van der Waals surface area contributed by atoms with Gasteiger partial charge < -0.3 is 20.1 Å². The summed E-state index contributed by atoms with van der Waals surface area (Å²) in [7, 11) is 0. The smallest absolute Gasteiger partial charge is 0.338 e. The van der Waals surface area contributed by atoms with Crippen LogP contribution in [0.25, 0.3) is 0 Å². The van der Waals surface area contributed by atoms with Crippen LogP contribution in [0.3, 0.4) is 0 Å². The zero-order valence-electron chi connectivity index (χ0n) is 13.9. The van der Waals surface area contributed by atoms with Gasteiger partial charge in [-0.2, -0.15) is 0 Å². The number of carbonyl (C=O) groups is 3. The molecule has 2 N–H and O–H groups in total. The van der Waals surface area contributed by atoms with Gasteiger partial charge in [-0.1, -0.05) is 13.0 Å². The predicted octanol–water partition coefficient (Wildman–Crippen LogP) is 1.89. The van der Waals surface area contributed by atoms with Gasteiger partial charge in [0, 0.05) is 0 Å². The van der Waals surface area contributed by atoms with E-state index in [0.29, 0.717) is 6.42 Å². The van der Waals surface area contributed by atoms with Gasteiger partial charge in [0.2, 0.25) is 0 Å².